The van der Waals surface area contributed by atoms with Crippen LogP contribution in [-0.4, -0.2) is 55.9 Å². The Balaban J connectivity index is 2.15. The Labute approximate surface area is 162 Å². The number of hydrogen-bond acceptors (Lipinski definition) is 6. The van der Waals surface area contributed by atoms with E-state index in [1.165, 1.54) is 17.0 Å². The third-order valence-electron chi connectivity index (χ3n) is 4.54. The number of aliphatic carboxylic acids is 2. The molecule has 0 heterocycles. The minimum Gasteiger partial charge on any atom is -0.508 e. The number of carboxylic acids is 2. The second-order valence-electron chi connectivity index (χ2n) is 6.75. The van der Waals surface area contributed by atoms with Crippen LogP contribution in [0.2, 0.25) is 0 Å². The van der Waals surface area contributed by atoms with Crippen molar-refractivity contribution in [1.29, 1.82) is 0 Å². The molecule has 0 aliphatic heterocycles. The van der Waals surface area contributed by atoms with E-state index in [1.54, 1.807) is 36.4 Å². The monoisotopic (exact) mass is 388 g/mol. The Bertz CT molecular complexity index is 841. The van der Waals surface area contributed by atoms with Crippen LogP contribution in [0.1, 0.15) is 17.5 Å². The highest BCUT2D eigenvalue weighted by molar-refractivity contribution is 5.79. The van der Waals surface area contributed by atoms with Crippen LogP contribution in [0.15, 0.2) is 48.5 Å². The molecule has 0 aliphatic rings. The first-order valence-electron chi connectivity index (χ1n) is 8.71. The van der Waals surface area contributed by atoms with Crippen LogP contribution in [0, 0.1) is 0 Å². The fourth-order valence-corrected chi connectivity index (χ4v) is 2.92. The minimum atomic E-state index is -1.69. The minimum absolute atomic E-state index is 0.0318. The molecule has 0 radical (unpaired) electrons. The van der Waals surface area contributed by atoms with Crippen molar-refractivity contribution in [1.82, 2.24) is 4.90 Å². The van der Waals surface area contributed by atoms with E-state index in [4.69, 9.17) is 10.8 Å². The Hall–Kier alpha value is -3.10. The molecule has 0 bridgehead atoms. The van der Waals surface area contributed by atoms with E-state index >= 15 is 0 Å². The first kappa shape index (κ1) is 21.2. The van der Waals surface area contributed by atoms with Crippen LogP contribution in [0.5, 0.6) is 11.5 Å². The van der Waals surface area contributed by atoms with Crippen molar-refractivity contribution in [2.24, 2.45) is 5.73 Å². The van der Waals surface area contributed by atoms with Crippen LogP contribution in [0.4, 0.5) is 0 Å². The molecule has 8 heteroatoms. The van der Waals surface area contributed by atoms with E-state index in [0.717, 1.165) is 0 Å². The van der Waals surface area contributed by atoms with E-state index in [2.05, 4.69) is 0 Å². The number of rotatable bonds is 10. The van der Waals surface area contributed by atoms with Gasteiger partial charge in [0, 0.05) is 25.1 Å². The highest BCUT2D eigenvalue weighted by atomic mass is 16.4. The van der Waals surface area contributed by atoms with Crippen LogP contribution in [0.25, 0.3) is 0 Å². The molecular formula is C20H24N2O6. The maximum atomic E-state index is 11.8. The third kappa shape index (κ3) is 5.70. The van der Waals surface area contributed by atoms with Gasteiger partial charge >= 0.3 is 11.9 Å². The molecule has 1 atom stereocenters. The zero-order valence-corrected chi connectivity index (χ0v) is 15.3. The van der Waals surface area contributed by atoms with Gasteiger partial charge in [-0.25, -0.2) is 0 Å². The highest BCUT2D eigenvalue weighted by Crippen LogP contribution is 2.24. The Morgan fingerprint density at radius 1 is 0.929 bits per heavy atom. The molecule has 150 valence electrons. The number of hydrogen-bond donors (Lipinski definition) is 5. The molecule has 1 unspecified atom stereocenters. The third-order valence-corrected chi connectivity index (χ3v) is 4.54. The van der Waals surface area contributed by atoms with Crippen molar-refractivity contribution in [2.75, 3.05) is 13.1 Å². The predicted octanol–water partition coefficient (Wildman–Crippen LogP) is 1.40. The van der Waals surface area contributed by atoms with Crippen molar-refractivity contribution in [3.8, 4) is 11.5 Å². The van der Waals surface area contributed by atoms with Crippen LogP contribution in [-0.2, 0) is 22.6 Å². The second kappa shape index (κ2) is 9.20. The maximum absolute atomic E-state index is 11.8. The van der Waals surface area contributed by atoms with Gasteiger partial charge in [0.05, 0.1) is 6.54 Å². The molecule has 0 saturated carbocycles. The Morgan fingerprint density at radius 3 is 1.96 bits per heavy atom. The summed E-state index contributed by atoms with van der Waals surface area (Å²) in [6.07, 6.45) is -0.149. The van der Waals surface area contributed by atoms with Crippen LogP contribution >= 0.6 is 0 Å². The normalized spacial score (nSPS) is 13.2. The number of aromatic hydroxyl groups is 2. The number of carbonyl (C=O) groups is 2. The summed E-state index contributed by atoms with van der Waals surface area (Å²) in [5, 5.41) is 38.6. The summed E-state index contributed by atoms with van der Waals surface area (Å²) in [7, 11) is 0. The summed E-state index contributed by atoms with van der Waals surface area (Å²) in [5.41, 5.74) is 5.35. The lowest BCUT2D eigenvalue weighted by Crippen LogP contribution is -2.52. The van der Waals surface area contributed by atoms with E-state index < -0.39 is 17.5 Å². The van der Waals surface area contributed by atoms with Gasteiger partial charge in [0.25, 0.3) is 0 Å². The number of carboxylic acid groups (broad SMARTS) is 2. The van der Waals surface area contributed by atoms with Gasteiger partial charge in [-0.3, -0.25) is 14.5 Å². The molecule has 0 saturated heterocycles. The molecule has 0 spiro atoms. The number of para-hydroxylation sites is 2. The number of nitrogens with two attached hydrogens (primary N) is 1. The van der Waals surface area contributed by atoms with Gasteiger partial charge in [0.1, 0.15) is 17.0 Å². The number of nitrogens with zero attached hydrogens (tertiary/aromatic N) is 1. The van der Waals surface area contributed by atoms with Crippen molar-refractivity contribution < 1.29 is 30.0 Å². The van der Waals surface area contributed by atoms with Crippen LogP contribution < -0.4 is 5.73 Å². The molecule has 0 amide bonds. The Morgan fingerprint density at radius 2 is 1.46 bits per heavy atom. The van der Waals surface area contributed by atoms with Gasteiger partial charge in [-0.05, 0) is 24.1 Å². The lowest BCUT2D eigenvalue weighted by Gasteiger charge is -2.29. The van der Waals surface area contributed by atoms with E-state index in [0.29, 0.717) is 11.1 Å². The van der Waals surface area contributed by atoms with Crippen molar-refractivity contribution >= 4 is 11.9 Å². The summed E-state index contributed by atoms with van der Waals surface area (Å²) < 4.78 is 0. The quantitative estimate of drug-likeness (QED) is 0.411. The largest absolute Gasteiger partial charge is 0.508 e. The van der Waals surface area contributed by atoms with Crippen molar-refractivity contribution in [3.05, 3.63) is 59.7 Å². The van der Waals surface area contributed by atoms with Crippen molar-refractivity contribution in [2.45, 2.75) is 24.9 Å². The summed E-state index contributed by atoms with van der Waals surface area (Å²) >= 11 is 0. The molecule has 2 aromatic rings. The van der Waals surface area contributed by atoms with Gasteiger partial charge in [0.2, 0.25) is 0 Å². The van der Waals surface area contributed by atoms with Gasteiger partial charge in [0.15, 0.2) is 0 Å². The molecule has 2 aromatic carbocycles. The van der Waals surface area contributed by atoms with Gasteiger partial charge < -0.3 is 26.2 Å². The number of phenolic OH excluding ortho intramolecular Hbond substituents is 2. The molecule has 28 heavy (non-hydrogen) atoms. The summed E-state index contributed by atoms with van der Waals surface area (Å²) in [6.45, 7) is -0.122. The lowest BCUT2D eigenvalue weighted by atomic mass is 9.88. The van der Waals surface area contributed by atoms with Gasteiger partial charge in [-0.1, -0.05) is 36.4 Å². The summed E-state index contributed by atoms with van der Waals surface area (Å²) in [5.74, 6) is -2.33. The first-order valence-corrected chi connectivity index (χ1v) is 8.71. The average molecular weight is 388 g/mol. The molecule has 0 aliphatic carbocycles. The molecule has 2 rings (SSSR count). The average Bonchev–Trinajstić information content (AvgIpc) is 2.63. The number of phenols is 2. The highest BCUT2D eigenvalue weighted by Gasteiger charge is 2.35. The molecule has 6 N–H and O–H groups in total. The topological polar surface area (TPSA) is 144 Å². The summed E-state index contributed by atoms with van der Waals surface area (Å²) in [4.78, 5) is 24.5. The molecular weight excluding hydrogens is 364 g/mol. The number of benzene rings is 2. The smallest absolute Gasteiger partial charge is 0.324 e. The zero-order valence-electron chi connectivity index (χ0n) is 15.3. The van der Waals surface area contributed by atoms with Crippen LogP contribution in [0.3, 0.4) is 0 Å². The molecule has 0 fully saturated rings. The fraction of sp³-hybridized carbons (Fsp3) is 0.300. The first-order chi connectivity index (χ1) is 13.2. The molecule has 8 nitrogen and oxygen atoms in total. The van der Waals surface area contributed by atoms with E-state index in [1.807, 2.05) is 0 Å². The second-order valence-corrected chi connectivity index (χ2v) is 6.75. The van der Waals surface area contributed by atoms with Gasteiger partial charge in [-0.2, -0.15) is 0 Å². The SMILES string of the molecule is NC(CCN(CC(=O)O)Cc1ccccc1O)(Cc1ccccc1O)C(=O)O. The van der Waals surface area contributed by atoms with E-state index in [-0.39, 0.29) is 44.0 Å². The van der Waals surface area contributed by atoms with Gasteiger partial charge in [-0.15, -0.1) is 0 Å². The standard InChI is InChI=1S/C20H24N2O6/c21-20(19(27)28,11-14-5-1-3-7-16(14)23)9-10-22(13-18(25)26)12-15-6-2-4-8-17(15)24/h1-8,23-24H,9-13,21H2,(H,25,26)(H,27,28). The lowest BCUT2D eigenvalue weighted by molar-refractivity contribution is -0.143. The fourth-order valence-electron chi connectivity index (χ4n) is 2.92. The van der Waals surface area contributed by atoms with Crippen molar-refractivity contribution in [3.63, 3.8) is 0 Å². The summed E-state index contributed by atoms with van der Waals surface area (Å²) in [6, 6.07) is 12.9. The van der Waals surface area contributed by atoms with E-state index in [9.17, 15) is 24.9 Å². The predicted molar refractivity (Wildman–Crippen MR) is 102 cm³/mol. The maximum Gasteiger partial charge on any atom is 0.324 e. The Kier molecular flexibility index (Phi) is 6.97. The zero-order chi connectivity index (χ0) is 20.7. The molecule has 0 aromatic heterocycles.